The van der Waals surface area contributed by atoms with E-state index in [4.69, 9.17) is 0 Å². The molecule has 2 heterocycles. The number of piperazine rings is 1. The van der Waals surface area contributed by atoms with Crippen LogP contribution in [0.4, 0.5) is 5.69 Å². The van der Waals surface area contributed by atoms with Gasteiger partial charge in [0.15, 0.2) is 0 Å². The lowest BCUT2D eigenvalue weighted by Crippen LogP contribution is -2.55. The van der Waals surface area contributed by atoms with Crippen molar-refractivity contribution in [2.45, 2.75) is 39.4 Å². The molecule has 1 saturated heterocycles. The molecule has 0 spiro atoms. The number of aromatic nitrogens is 1. The third kappa shape index (κ3) is 3.07. The predicted molar refractivity (Wildman–Crippen MR) is 80.6 cm³/mol. The SMILES string of the molecule is CNCc1cnc(C)cc1N1CC(C)N(C)C(C)C1. The van der Waals surface area contributed by atoms with E-state index in [1.807, 2.05) is 13.2 Å². The minimum atomic E-state index is 0.583. The lowest BCUT2D eigenvalue weighted by molar-refractivity contribution is 0.170. The molecule has 4 heteroatoms. The number of aryl methyl sites for hydroxylation is 1. The van der Waals surface area contributed by atoms with Gasteiger partial charge in [-0.2, -0.15) is 0 Å². The van der Waals surface area contributed by atoms with E-state index in [1.54, 1.807) is 0 Å². The van der Waals surface area contributed by atoms with Gasteiger partial charge in [-0.1, -0.05) is 0 Å². The number of anilines is 1. The van der Waals surface area contributed by atoms with E-state index >= 15 is 0 Å². The number of pyridine rings is 1. The van der Waals surface area contributed by atoms with Crippen molar-refractivity contribution in [1.29, 1.82) is 0 Å². The van der Waals surface area contributed by atoms with Crippen molar-refractivity contribution in [3.05, 3.63) is 23.5 Å². The average molecular weight is 262 g/mol. The highest BCUT2D eigenvalue weighted by Gasteiger charge is 2.27. The van der Waals surface area contributed by atoms with Crippen LogP contribution in [0.3, 0.4) is 0 Å². The Bertz CT molecular complexity index is 420. The molecule has 2 unspecified atom stereocenters. The number of nitrogens with zero attached hydrogens (tertiary/aromatic N) is 3. The summed E-state index contributed by atoms with van der Waals surface area (Å²) < 4.78 is 0. The molecule has 1 N–H and O–H groups in total. The highest BCUT2D eigenvalue weighted by molar-refractivity contribution is 5.54. The summed E-state index contributed by atoms with van der Waals surface area (Å²) in [6, 6.07) is 3.39. The summed E-state index contributed by atoms with van der Waals surface area (Å²) >= 11 is 0. The van der Waals surface area contributed by atoms with Crippen LogP contribution in [-0.2, 0) is 6.54 Å². The lowest BCUT2D eigenvalue weighted by atomic mass is 10.1. The van der Waals surface area contributed by atoms with Crippen LogP contribution >= 0.6 is 0 Å². The van der Waals surface area contributed by atoms with E-state index in [1.165, 1.54) is 11.3 Å². The number of likely N-dealkylation sites (N-methyl/N-ethyl adjacent to an activating group) is 1. The Kier molecular flexibility index (Phi) is 4.42. The molecule has 1 aromatic heterocycles. The average Bonchev–Trinajstić information content (AvgIpc) is 2.37. The van der Waals surface area contributed by atoms with E-state index in [2.05, 4.69) is 54.0 Å². The molecule has 0 aliphatic carbocycles. The Balaban J connectivity index is 2.27. The van der Waals surface area contributed by atoms with Crippen LogP contribution in [0.15, 0.2) is 12.3 Å². The zero-order chi connectivity index (χ0) is 14.0. The minimum absolute atomic E-state index is 0.583. The fourth-order valence-corrected chi connectivity index (χ4v) is 2.80. The molecule has 0 bridgehead atoms. The van der Waals surface area contributed by atoms with Crippen molar-refractivity contribution < 1.29 is 0 Å². The van der Waals surface area contributed by atoms with Crippen molar-refractivity contribution in [2.75, 3.05) is 32.1 Å². The van der Waals surface area contributed by atoms with E-state index < -0.39 is 0 Å². The summed E-state index contributed by atoms with van der Waals surface area (Å²) in [5.41, 5.74) is 3.72. The van der Waals surface area contributed by atoms with Gasteiger partial charge in [-0.15, -0.1) is 0 Å². The van der Waals surface area contributed by atoms with Gasteiger partial charge in [-0.3, -0.25) is 9.88 Å². The zero-order valence-electron chi connectivity index (χ0n) is 12.8. The summed E-state index contributed by atoms with van der Waals surface area (Å²) in [7, 11) is 4.21. The zero-order valence-corrected chi connectivity index (χ0v) is 12.8. The first-order chi connectivity index (χ1) is 9.02. The van der Waals surface area contributed by atoms with Gasteiger partial charge in [-0.25, -0.2) is 0 Å². The predicted octanol–water partition coefficient (Wildman–Crippen LogP) is 1.64. The van der Waals surface area contributed by atoms with Crippen molar-refractivity contribution >= 4 is 5.69 Å². The van der Waals surface area contributed by atoms with Crippen LogP contribution in [0.2, 0.25) is 0 Å². The largest absolute Gasteiger partial charge is 0.368 e. The first-order valence-electron chi connectivity index (χ1n) is 7.10. The molecule has 1 aliphatic heterocycles. The number of hydrogen-bond donors (Lipinski definition) is 1. The summed E-state index contributed by atoms with van der Waals surface area (Å²) in [6.07, 6.45) is 2.01. The summed E-state index contributed by atoms with van der Waals surface area (Å²) in [4.78, 5) is 9.40. The van der Waals surface area contributed by atoms with Gasteiger partial charge in [0.2, 0.25) is 0 Å². The number of nitrogens with one attached hydrogen (secondary N) is 1. The quantitative estimate of drug-likeness (QED) is 0.897. The van der Waals surface area contributed by atoms with E-state index in [-0.39, 0.29) is 0 Å². The van der Waals surface area contributed by atoms with Crippen LogP contribution in [0.25, 0.3) is 0 Å². The second kappa shape index (κ2) is 5.88. The fraction of sp³-hybridized carbons (Fsp3) is 0.667. The topological polar surface area (TPSA) is 31.4 Å². The smallest absolute Gasteiger partial charge is 0.0446 e. The van der Waals surface area contributed by atoms with Crippen LogP contribution < -0.4 is 10.2 Å². The maximum Gasteiger partial charge on any atom is 0.0446 e. The van der Waals surface area contributed by atoms with Crippen molar-refractivity contribution in [1.82, 2.24) is 15.2 Å². The molecule has 2 atom stereocenters. The summed E-state index contributed by atoms with van der Waals surface area (Å²) in [6.45, 7) is 9.71. The van der Waals surface area contributed by atoms with Crippen molar-refractivity contribution in [2.24, 2.45) is 0 Å². The minimum Gasteiger partial charge on any atom is -0.368 e. The van der Waals surface area contributed by atoms with Crippen molar-refractivity contribution in [3.63, 3.8) is 0 Å². The van der Waals surface area contributed by atoms with Crippen LogP contribution in [0.5, 0.6) is 0 Å². The van der Waals surface area contributed by atoms with Crippen LogP contribution in [-0.4, -0.2) is 49.2 Å². The Hall–Kier alpha value is -1.13. The highest BCUT2D eigenvalue weighted by Crippen LogP contribution is 2.25. The number of hydrogen-bond acceptors (Lipinski definition) is 4. The normalized spacial score (nSPS) is 24.8. The molecule has 1 aliphatic rings. The molecule has 0 aromatic carbocycles. The molecule has 0 radical (unpaired) electrons. The second-order valence-corrected chi connectivity index (χ2v) is 5.75. The lowest BCUT2D eigenvalue weighted by Gasteiger charge is -2.44. The maximum absolute atomic E-state index is 4.43. The van der Waals surface area contributed by atoms with Crippen molar-refractivity contribution in [3.8, 4) is 0 Å². The van der Waals surface area contributed by atoms with Gasteiger partial charge in [0.25, 0.3) is 0 Å². The first-order valence-corrected chi connectivity index (χ1v) is 7.10. The van der Waals surface area contributed by atoms with Crippen LogP contribution in [0.1, 0.15) is 25.1 Å². The van der Waals surface area contributed by atoms with Gasteiger partial charge in [0, 0.05) is 54.9 Å². The fourth-order valence-electron chi connectivity index (χ4n) is 2.80. The summed E-state index contributed by atoms with van der Waals surface area (Å²) in [5, 5.41) is 3.24. The second-order valence-electron chi connectivity index (χ2n) is 5.75. The molecule has 1 fully saturated rings. The first kappa shape index (κ1) is 14.3. The molecule has 2 rings (SSSR count). The summed E-state index contributed by atoms with van der Waals surface area (Å²) in [5.74, 6) is 0. The van der Waals surface area contributed by atoms with Crippen LogP contribution in [0, 0.1) is 6.92 Å². The highest BCUT2D eigenvalue weighted by atomic mass is 15.3. The third-order valence-corrected chi connectivity index (χ3v) is 4.17. The maximum atomic E-state index is 4.43. The van der Waals surface area contributed by atoms with Gasteiger partial charge in [-0.05, 0) is 40.9 Å². The van der Waals surface area contributed by atoms with Gasteiger partial charge in [0.1, 0.15) is 0 Å². The molecule has 1 aromatic rings. The molecule has 0 amide bonds. The molecular formula is C15H26N4. The van der Waals surface area contributed by atoms with Gasteiger partial charge in [0.05, 0.1) is 0 Å². The Morgan fingerprint density at radius 3 is 2.53 bits per heavy atom. The number of rotatable bonds is 3. The molecule has 106 valence electrons. The van der Waals surface area contributed by atoms with E-state index in [0.717, 1.165) is 25.3 Å². The Morgan fingerprint density at radius 2 is 1.95 bits per heavy atom. The molecule has 4 nitrogen and oxygen atoms in total. The molecular weight excluding hydrogens is 236 g/mol. The van der Waals surface area contributed by atoms with Gasteiger partial charge >= 0.3 is 0 Å². The van der Waals surface area contributed by atoms with E-state index in [9.17, 15) is 0 Å². The Morgan fingerprint density at radius 1 is 1.32 bits per heavy atom. The van der Waals surface area contributed by atoms with Gasteiger partial charge < -0.3 is 10.2 Å². The van der Waals surface area contributed by atoms with E-state index in [0.29, 0.717) is 12.1 Å². The standard InChI is InChI=1S/C15H26N4/c1-11-6-15(14(7-16-4)8-17-11)19-9-12(2)18(5)13(3)10-19/h6,8,12-13,16H,7,9-10H2,1-5H3. The third-order valence-electron chi connectivity index (χ3n) is 4.17. The Labute approximate surface area is 116 Å². The molecule has 19 heavy (non-hydrogen) atoms. The molecule has 0 saturated carbocycles. The monoisotopic (exact) mass is 262 g/mol.